The lowest BCUT2D eigenvalue weighted by atomic mass is 10.0. The molecule has 0 atom stereocenters. The first kappa shape index (κ1) is 14.5. The summed E-state index contributed by atoms with van der Waals surface area (Å²) in [4.78, 5) is 0.406. The first-order valence-corrected chi connectivity index (χ1v) is 8.36. The highest BCUT2D eigenvalue weighted by molar-refractivity contribution is 7.89. The van der Waals surface area contributed by atoms with Crippen LogP contribution in [0.25, 0.3) is 0 Å². The molecule has 1 saturated heterocycles. The van der Waals surface area contributed by atoms with Crippen molar-refractivity contribution in [2.24, 2.45) is 5.92 Å². The monoisotopic (exact) mass is 285 g/mol. The lowest BCUT2D eigenvalue weighted by Gasteiger charge is -2.29. The molecule has 1 fully saturated rings. The van der Waals surface area contributed by atoms with Gasteiger partial charge in [-0.25, -0.2) is 8.42 Å². The molecule has 0 N–H and O–H groups in total. The zero-order chi connectivity index (χ0) is 14.2. The first-order chi connectivity index (χ1) is 8.87. The molecule has 0 bridgehead atoms. The third-order valence-electron chi connectivity index (χ3n) is 3.96. The smallest absolute Gasteiger partial charge is 0.246 e. The topological polar surface area (TPSA) is 55.2 Å². The fourth-order valence-corrected chi connectivity index (χ4v) is 4.56. The summed E-state index contributed by atoms with van der Waals surface area (Å²) in [6.45, 7) is 9.70. The Bertz CT molecular complexity index is 555. The molecule has 0 radical (unpaired) electrons. The van der Waals surface area contributed by atoms with E-state index in [0.29, 0.717) is 36.1 Å². The van der Waals surface area contributed by atoms with Crippen LogP contribution in [0.5, 0.6) is 0 Å². The van der Waals surface area contributed by atoms with Crippen LogP contribution in [-0.2, 0) is 16.6 Å². The lowest BCUT2D eigenvalue weighted by molar-refractivity contribution is 0.288. The van der Waals surface area contributed by atoms with Gasteiger partial charge in [-0.15, -0.1) is 0 Å². The Labute approximate surface area is 115 Å². The molecule has 108 valence electrons. The van der Waals surface area contributed by atoms with Crippen molar-refractivity contribution < 1.29 is 8.42 Å². The van der Waals surface area contributed by atoms with Gasteiger partial charge in [-0.1, -0.05) is 6.92 Å². The van der Waals surface area contributed by atoms with Gasteiger partial charge in [0.15, 0.2) is 0 Å². The SMILES string of the molecule is CCn1nc(C)c(S(=O)(=O)N2CCC(C)CC2)c1C. The van der Waals surface area contributed by atoms with E-state index in [4.69, 9.17) is 0 Å². The summed E-state index contributed by atoms with van der Waals surface area (Å²) in [5.74, 6) is 0.618. The molecular weight excluding hydrogens is 262 g/mol. The van der Waals surface area contributed by atoms with Crippen molar-refractivity contribution in [2.75, 3.05) is 13.1 Å². The quantitative estimate of drug-likeness (QED) is 0.853. The fraction of sp³-hybridized carbons (Fsp3) is 0.769. The summed E-state index contributed by atoms with van der Waals surface area (Å²) in [6, 6.07) is 0. The van der Waals surface area contributed by atoms with Gasteiger partial charge in [-0.3, -0.25) is 4.68 Å². The predicted molar refractivity (Wildman–Crippen MR) is 74.5 cm³/mol. The van der Waals surface area contributed by atoms with Crippen LogP contribution in [0.15, 0.2) is 4.90 Å². The predicted octanol–water partition coefficient (Wildman–Crippen LogP) is 1.94. The van der Waals surface area contributed by atoms with Gasteiger partial charge < -0.3 is 0 Å². The second kappa shape index (κ2) is 5.25. The summed E-state index contributed by atoms with van der Waals surface area (Å²) in [6.07, 6.45) is 1.89. The van der Waals surface area contributed by atoms with E-state index in [1.54, 1.807) is 15.9 Å². The average Bonchev–Trinajstić information content (AvgIpc) is 2.65. The van der Waals surface area contributed by atoms with Crippen LogP contribution in [0.4, 0.5) is 0 Å². The van der Waals surface area contributed by atoms with Crippen molar-refractivity contribution in [2.45, 2.75) is 52.0 Å². The molecular formula is C13H23N3O2S. The molecule has 1 aromatic rings. The summed E-state index contributed by atoms with van der Waals surface area (Å²) in [5.41, 5.74) is 1.36. The normalized spacial score (nSPS) is 18.9. The van der Waals surface area contributed by atoms with Gasteiger partial charge in [0, 0.05) is 19.6 Å². The maximum absolute atomic E-state index is 12.7. The molecule has 0 saturated carbocycles. The number of aryl methyl sites for hydroxylation is 2. The van der Waals surface area contributed by atoms with E-state index >= 15 is 0 Å². The minimum Gasteiger partial charge on any atom is -0.268 e. The number of piperidine rings is 1. The standard InChI is InChI=1S/C13H23N3O2S/c1-5-16-12(4)13(11(3)14-16)19(17,18)15-8-6-10(2)7-9-15/h10H,5-9H2,1-4H3. The highest BCUT2D eigenvalue weighted by Gasteiger charge is 2.32. The van der Waals surface area contributed by atoms with E-state index in [9.17, 15) is 8.42 Å². The molecule has 2 rings (SSSR count). The van der Waals surface area contributed by atoms with Crippen LogP contribution in [0.3, 0.4) is 0 Å². The maximum Gasteiger partial charge on any atom is 0.246 e. The van der Waals surface area contributed by atoms with Gasteiger partial charge in [0.2, 0.25) is 10.0 Å². The second-order valence-corrected chi connectivity index (χ2v) is 7.28. The van der Waals surface area contributed by atoms with Crippen molar-refractivity contribution in [3.8, 4) is 0 Å². The van der Waals surface area contributed by atoms with Crippen molar-refractivity contribution in [3.05, 3.63) is 11.4 Å². The molecule has 0 aromatic carbocycles. The summed E-state index contributed by atoms with van der Waals surface area (Å²) in [7, 11) is -3.39. The van der Waals surface area contributed by atoms with Crippen LogP contribution in [0, 0.1) is 19.8 Å². The Morgan fingerprint density at radius 1 is 1.26 bits per heavy atom. The van der Waals surface area contributed by atoms with Gasteiger partial charge >= 0.3 is 0 Å². The number of aromatic nitrogens is 2. The molecule has 1 aliphatic heterocycles. The maximum atomic E-state index is 12.7. The zero-order valence-corrected chi connectivity index (χ0v) is 13.0. The highest BCUT2D eigenvalue weighted by Crippen LogP contribution is 2.27. The number of hydrogen-bond acceptors (Lipinski definition) is 3. The summed E-state index contributed by atoms with van der Waals surface area (Å²) in [5, 5.41) is 4.32. The molecule has 6 heteroatoms. The summed E-state index contributed by atoms with van der Waals surface area (Å²) < 4.78 is 28.8. The van der Waals surface area contributed by atoms with E-state index in [2.05, 4.69) is 12.0 Å². The van der Waals surface area contributed by atoms with Crippen LogP contribution in [-0.4, -0.2) is 35.6 Å². The van der Waals surface area contributed by atoms with E-state index in [1.165, 1.54) is 0 Å². The van der Waals surface area contributed by atoms with Crippen LogP contribution < -0.4 is 0 Å². The van der Waals surface area contributed by atoms with Crippen molar-refractivity contribution in [1.29, 1.82) is 0 Å². The van der Waals surface area contributed by atoms with Crippen LogP contribution >= 0.6 is 0 Å². The van der Waals surface area contributed by atoms with Crippen LogP contribution in [0.1, 0.15) is 38.1 Å². The Kier molecular flexibility index (Phi) is 4.01. The van der Waals surface area contributed by atoms with Gasteiger partial charge in [-0.2, -0.15) is 9.40 Å². The molecule has 1 aliphatic rings. The van der Waals surface area contributed by atoms with Gasteiger partial charge in [0.25, 0.3) is 0 Å². The van der Waals surface area contributed by atoms with Crippen molar-refractivity contribution in [1.82, 2.24) is 14.1 Å². The van der Waals surface area contributed by atoms with Gasteiger partial charge in [0.1, 0.15) is 4.90 Å². The Balaban J connectivity index is 2.37. The minimum atomic E-state index is -3.39. The molecule has 5 nitrogen and oxygen atoms in total. The third-order valence-corrected chi connectivity index (χ3v) is 6.11. The van der Waals surface area contributed by atoms with E-state index < -0.39 is 10.0 Å². The molecule has 0 aliphatic carbocycles. The van der Waals surface area contributed by atoms with E-state index in [1.807, 2.05) is 13.8 Å². The van der Waals surface area contributed by atoms with E-state index in [-0.39, 0.29) is 0 Å². The lowest BCUT2D eigenvalue weighted by Crippen LogP contribution is -2.38. The van der Waals surface area contributed by atoms with Gasteiger partial charge in [0.05, 0.1) is 11.4 Å². The van der Waals surface area contributed by atoms with Crippen molar-refractivity contribution >= 4 is 10.0 Å². The fourth-order valence-electron chi connectivity index (χ4n) is 2.72. The largest absolute Gasteiger partial charge is 0.268 e. The van der Waals surface area contributed by atoms with Crippen LogP contribution in [0.2, 0.25) is 0 Å². The Morgan fingerprint density at radius 3 is 2.32 bits per heavy atom. The number of hydrogen-bond donors (Lipinski definition) is 0. The van der Waals surface area contributed by atoms with Gasteiger partial charge in [-0.05, 0) is 39.5 Å². The Morgan fingerprint density at radius 2 is 1.84 bits per heavy atom. The first-order valence-electron chi connectivity index (χ1n) is 6.92. The van der Waals surface area contributed by atoms with Crippen molar-refractivity contribution in [3.63, 3.8) is 0 Å². The van der Waals surface area contributed by atoms with E-state index in [0.717, 1.165) is 18.5 Å². The molecule has 19 heavy (non-hydrogen) atoms. The second-order valence-electron chi connectivity index (χ2n) is 5.40. The molecule has 2 heterocycles. The molecule has 0 unspecified atom stereocenters. The number of nitrogens with zero attached hydrogens (tertiary/aromatic N) is 3. The minimum absolute atomic E-state index is 0.406. The average molecular weight is 285 g/mol. The third kappa shape index (κ3) is 2.56. The number of sulfonamides is 1. The zero-order valence-electron chi connectivity index (χ0n) is 12.2. The Hall–Kier alpha value is -0.880. The molecule has 0 amide bonds. The number of rotatable bonds is 3. The molecule has 0 spiro atoms. The molecule has 1 aromatic heterocycles. The summed E-state index contributed by atoms with van der Waals surface area (Å²) >= 11 is 0. The highest BCUT2D eigenvalue weighted by atomic mass is 32.2.